The Morgan fingerprint density at radius 1 is 1.29 bits per heavy atom. The zero-order valence-electron chi connectivity index (χ0n) is 17.2. The summed E-state index contributed by atoms with van der Waals surface area (Å²) in [6.07, 6.45) is 5.65. The lowest BCUT2D eigenvalue weighted by Crippen LogP contribution is -2.41. The van der Waals surface area contributed by atoms with Crippen LogP contribution in [0.2, 0.25) is 0 Å². The molecule has 0 unspecified atom stereocenters. The standard InChI is InChI=1S/C23H30FNO3/c1-14(2)19-7-5-15(3)11-22(19)28-23(27)25-10-9-18(26)13-21(25)20-8-6-17(24)12-16(20)4/h6,8-10,12,14-15,19,21-22H,5,7,11,13H2,1-4H3/t15-,19+,21-,22-/m1/s1. The highest BCUT2D eigenvalue weighted by molar-refractivity contribution is 5.92. The Morgan fingerprint density at radius 3 is 2.71 bits per heavy atom. The first kappa shape index (κ1) is 20.6. The third-order valence-corrected chi connectivity index (χ3v) is 6.17. The lowest BCUT2D eigenvalue weighted by Gasteiger charge is -2.39. The number of aryl methyl sites for hydroxylation is 1. The van der Waals surface area contributed by atoms with Crippen LogP contribution in [-0.2, 0) is 9.53 Å². The van der Waals surface area contributed by atoms with Crippen LogP contribution in [-0.4, -0.2) is 22.9 Å². The van der Waals surface area contributed by atoms with Crippen LogP contribution in [0.15, 0.2) is 30.5 Å². The molecular formula is C23H30FNO3. The SMILES string of the molecule is Cc1cc(F)ccc1[C@H]1CC(=O)C=CN1C(=O)O[C@@H]1C[C@H](C)CC[C@H]1C(C)C. The van der Waals surface area contributed by atoms with Crippen molar-refractivity contribution in [3.63, 3.8) is 0 Å². The summed E-state index contributed by atoms with van der Waals surface area (Å²) in [5, 5.41) is 0. The second-order valence-electron chi connectivity index (χ2n) is 8.66. The molecule has 1 saturated carbocycles. The average molecular weight is 387 g/mol. The Morgan fingerprint density at radius 2 is 2.04 bits per heavy atom. The van der Waals surface area contributed by atoms with E-state index in [9.17, 15) is 14.0 Å². The number of rotatable bonds is 3. The number of allylic oxidation sites excluding steroid dienone is 1. The molecule has 0 bridgehead atoms. The fourth-order valence-electron chi connectivity index (χ4n) is 4.53. The molecule has 1 aromatic rings. The number of amides is 1. The van der Waals surface area contributed by atoms with Crippen molar-refractivity contribution in [3.05, 3.63) is 47.4 Å². The number of nitrogens with zero attached hydrogens (tertiary/aromatic N) is 1. The van der Waals surface area contributed by atoms with Gasteiger partial charge < -0.3 is 4.74 Å². The van der Waals surface area contributed by atoms with Crippen molar-refractivity contribution in [2.24, 2.45) is 17.8 Å². The van der Waals surface area contributed by atoms with Gasteiger partial charge in [-0.05, 0) is 66.9 Å². The molecule has 152 valence electrons. The maximum Gasteiger partial charge on any atom is 0.414 e. The van der Waals surface area contributed by atoms with Gasteiger partial charge in [0.05, 0.1) is 6.04 Å². The molecule has 1 aliphatic carbocycles. The molecule has 5 heteroatoms. The summed E-state index contributed by atoms with van der Waals surface area (Å²) in [6.45, 7) is 8.33. The van der Waals surface area contributed by atoms with E-state index in [1.54, 1.807) is 13.0 Å². The predicted molar refractivity (Wildman–Crippen MR) is 106 cm³/mol. The third kappa shape index (κ3) is 4.45. The summed E-state index contributed by atoms with van der Waals surface area (Å²) >= 11 is 0. The number of ketones is 1. The number of hydrogen-bond acceptors (Lipinski definition) is 3. The molecule has 0 N–H and O–H groups in total. The normalized spacial score (nSPS) is 27.9. The molecule has 0 spiro atoms. The highest BCUT2D eigenvalue weighted by atomic mass is 19.1. The maximum atomic E-state index is 13.5. The molecule has 1 aliphatic heterocycles. The molecule has 28 heavy (non-hydrogen) atoms. The van der Waals surface area contributed by atoms with Crippen LogP contribution in [0.4, 0.5) is 9.18 Å². The monoisotopic (exact) mass is 387 g/mol. The van der Waals surface area contributed by atoms with Gasteiger partial charge in [0.25, 0.3) is 0 Å². The molecule has 1 heterocycles. The summed E-state index contributed by atoms with van der Waals surface area (Å²) < 4.78 is 19.5. The first-order valence-corrected chi connectivity index (χ1v) is 10.2. The van der Waals surface area contributed by atoms with Gasteiger partial charge >= 0.3 is 6.09 Å². The minimum Gasteiger partial charge on any atom is -0.446 e. The maximum absolute atomic E-state index is 13.5. The molecule has 2 aliphatic rings. The largest absolute Gasteiger partial charge is 0.446 e. The van der Waals surface area contributed by atoms with E-state index in [1.807, 2.05) is 0 Å². The van der Waals surface area contributed by atoms with Crippen molar-refractivity contribution < 1.29 is 18.7 Å². The molecule has 1 aromatic carbocycles. The number of ether oxygens (including phenoxy) is 1. The summed E-state index contributed by atoms with van der Waals surface area (Å²) in [5.41, 5.74) is 1.49. The number of carbonyl (C=O) groups excluding carboxylic acids is 2. The predicted octanol–water partition coefficient (Wildman–Crippen LogP) is 5.56. The van der Waals surface area contributed by atoms with Crippen LogP contribution < -0.4 is 0 Å². The zero-order chi connectivity index (χ0) is 20.4. The van der Waals surface area contributed by atoms with Crippen molar-refractivity contribution >= 4 is 11.9 Å². The Hall–Kier alpha value is -2.17. The van der Waals surface area contributed by atoms with Crippen molar-refractivity contribution in [1.82, 2.24) is 4.90 Å². The van der Waals surface area contributed by atoms with Crippen LogP contribution in [0, 0.1) is 30.5 Å². The molecule has 0 radical (unpaired) electrons. The topological polar surface area (TPSA) is 46.6 Å². The van der Waals surface area contributed by atoms with E-state index >= 15 is 0 Å². The van der Waals surface area contributed by atoms with Gasteiger partial charge in [-0.25, -0.2) is 9.18 Å². The van der Waals surface area contributed by atoms with E-state index in [0.29, 0.717) is 17.8 Å². The number of benzene rings is 1. The van der Waals surface area contributed by atoms with Crippen LogP contribution in [0.1, 0.15) is 63.6 Å². The third-order valence-electron chi connectivity index (χ3n) is 6.17. The quantitative estimate of drug-likeness (QED) is 0.682. The molecule has 0 aromatic heterocycles. The van der Waals surface area contributed by atoms with Crippen molar-refractivity contribution in [2.75, 3.05) is 0 Å². The smallest absolute Gasteiger partial charge is 0.414 e. The lowest BCUT2D eigenvalue weighted by atomic mass is 9.75. The minimum atomic E-state index is -0.468. The first-order valence-electron chi connectivity index (χ1n) is 10.2. The molecule has 3 rings (SSSR count). The summed E-state index contributed by atoms with van der Waals surface area (Å²) in [6, 6.07) is 3.98. The molecule has 4 nitrogen and oxygen atoms in total. The van der Waals surface area contributed by atoms with Crippen LogP contribution in [0.3, 0.4) is 0 Å². The number of carbonyl (C=O) groups is 2. The van der Waals surface area contributed by atoms with Gasteiger partial charge in [0.1, 0.15) is 11.9 Å². The van der Waals surface area contributed by atoms with Gasteiger partial charge in [-0.2, -0.15) is 0 Å². The van der Waals surface area contributed by atoms with Crippen molar-refractivity contribution in [1.29, 1.82) is 0 Å². The van der Waals surface area contributed by atoms with Crippen molar-refractivity contribution in [3.8, 4) is 0 Å². The van der Waals surface area contributed by atoms with E-state index in [-0.39, 0.29) is 24.1 Å². The molecule has 1 fully saturated rings. The molecule has 1 amide bonds. The highest BCUT2D eigenvalue weighted by Gasteiger charge is 2.37. The number of hydrogen-bond donors (Lipinski definition) is 0. The van der Waals surface area contributed by atoms with Gasteiger partial charge in [-0.3, -0.25) is 9.69 Å². The second kappa shape index (κ2) is 8.46. The van der Waals surface area contributed by atoms with Crippen LogP contribution in [0.25, 0.3) is 0 Å². The highest BCUT2D eigenvalue weighted by Crippen LogP contribution is 2.37. The van der Waals surface area contributed by atoms with Crippen LogP contribution >= 0.6 is 0 Å². The lowest BCUT2D eigenvalue weighted by molar-refractivity contribution is -0.116. The summed E-state index contributed by atoms with van der Waals surface area (Å²) in [7, 11) is 0. The second-order valence-corrected chi connectivity index (χ2v) is 8.66. The Labute approximate surface area is 166 Å². The fraction of sp³-hybridized carbons (Fsp3) is 0.565. The Kier molecular flexibility index (Phi) is 6.21. The molecule has 0 saturated heterocycles. The van der Waals surface area contributed by atoms with Gasteiger partial charge in [0.15, 0.2) is 5.78 Å². The van der Waals surface area contributed by atoms with Crippen LogP contribution in [0.5, 0.6) is 0 Å². The van der Waals surface area contributed by atoms with Gasteiger partial charge in [-0.1, -0.05) is 33.3 Å². The summed E-state index contributed by atoms with van der Waals surface area (Å²) in [4.78, 5) is 26.6. The Balaban J connectivity index is 1.83. The van der Waals surface area contributed by atoms with E-state index in [4.69, 9.17) is 4.74 Å². The van der Waals surface area contributed by atoms with E-state index in [2.05, 4.69) is 20.8 Å². The summed E-state index contributed by atoms with van der Waals surface area (Å²) in [5.74, 6) is 0.940. The van der Waals surface area contributed by atoms with Gasteiger partial charge in [-0.15, -0.1) is 0 Å². The van der Waals surface area contributed by atoms with E-state index in [0.717, 1.165) is 30.4 Å². The van der Waals surface area contributed by atoms with Crippen molar-refractivity contribution in [2.45, 2.75) is 65.5 Å². The first-order chi connectivity index (χ1) is 13.3. The zero-order valence-corrected chi connectivity index (χ0v) is 17.2. The fourth-order valence-corrected chi connectivity index (χ4v) is 4.53. The van der Waals surface area contributed by atoms with Gasteiger partial charge in [0.2, 0.25) is 0 Å². The molecular weight excluding hydrogens is 357 g/mol. The average Bonchev–Trinajstić information content (AvgIpc) is 2.61. The Bertz CT molecular complexity index is 773. The van der Waals surface area contributed by atoms with Gasteiger partial charge in [0, 0.05) is 12.6 Å². The van der Waals surface area contributed by atoms with E-state index < -0.39 is 12.1 Å². The number of halogens is 1. The van der Waals surface area contributed by atoms with E-state index in [1.165, 1.54) is 29.3 Å². The minimum absolute atomic E-state index is 0.0517. The molecule has 4 atom stereocenters.